The fraction of sp³-hybridized carbons (Fsp3) is 0.100. The van der Waals surface area contributed by atoms with Crippen LogP contribution in [0.25, 0.3) is 22.2 Å². The highest BCUT2D eigenvalue weighted by Gasteiger charge is 2.36. The van der Waals surface area contributed by atoms with Gasteiger partial charge in [0.1, 0.15) is 34.6 Å². The summed E-state index contributed by atoms with van der Waals surface area (Å²) in [5.41, 5.74) is 3.75. The number of carbonyl (C=O) groups excluding carboxylic acids is 1. The Hall–Kier alpha value is -4.15. The van der Waals surface area contributed by atoms with Crippen LogP contribution in [0.15, 0.2) is 58.0 Å². The second-order valence-corrected chi connectivity index (χ2v) is 6.56. The molecule has 0 aliphatic rings. The molecule has 0 bridgehead atoms. The Morgan fingerprint density at radius 1 is 1.06 bits per heavy atom. The Morgan fingerprint density at radius 2 is 1.77 bits per heavy atom. The molecule has 8 nitrogen and oxygen atoms in total. The quantitative estimate of drug-likeness (QED) is 0.501. The van der Waals surface area contributed by atoms with Gasteiger partial charge in [0.25, 0.3) is 11.5 Å². The van der Waals surface area contributed by atoms with Gasteiger partial charge in [0.05, 0.1) is 0 Å². The van der Waals surface area contributed by atoms with Crippen molar-refractivity contribution in [3.8, 4) is 16.9 Å². The van der Waals surface area contributed by atoms with Gasteiger partial charge in [0.2, 0.25) is 0 Å². The summed E-state index contributed by atoms with van der Waals surface area (Å²) in [5, 5.41) is 7.45. The maximum absolute atomic E-state index is 13.4. The van der Waals surface area contributed by atoms with E-state index >= 15 is 0 Å². The number of hydrogen-bond acceptors (Lipinski definition) is 6. The lowest BCUT2D eigenvalue weighted by Gasteiger charge is -2.14. The molecule has 3 N–H and O–H groups in total. The van der Waals surface area contributed by atoms with E-state index in [1.54, 1.807) is 23.2 Å². The first-order valence-corrected chi connectivity index (χ1v) is 8.81. The Balaban J connectivity index is 1.60. The molecule has 1 amide bonds. The lowest BCUT2D eigenvalue weighted by molar-refractivity contribution is -0.140. The molecule has 0 aliphatic carbocycles. The third-order valence-electron chi connectivity index (χ3n) is 4.48. The van der Waals surface area contributed by atoms with Crippen LogP contribution >= 0.6 is 0 Å². The van der Waals surface area contributed by atoms with Gasteiger partial charge in [-0.3, -0.25) is 9.59 Å². The molecule has 0 aliphatic heterocycles. The Morgan fingerprint density at radius 3 is 2.45 bits per heavy atom. The third kappa shape index (κ3) is 4.10. The molecule has 11 heteroatoms. The van der Waals surface area contributed by atoms with Gasteiger partial charge < -0.3 is 15.5 Å². The number of hydrogen-bond donors (Lipinski definition) is 2. The second kappa shape index (κ2) is 7.59. The van der Waals surface area contributed by atoms with Gasteiger partial charge in [-0.05, 0) is 51.8 Å². The van der Waals surface area contributed by atoms with Crippen LogP contribution in [-0.4, -0.2) is 21.2 Å². The first kappa shape index (κ1) is 20.1. The molecule has 31 heavy (non-hydrogen) atoms. The number of aromatic nitrogens is 3. The average molecular weight is 430 g/mol. The van der Waals surface area contributed by atoms with Crippen LogP contribution in [-0.2, 0) is 12.8 Å². The second-order valence-electron chi connectivity index (χ2n) is 6.56. The summed E-state index contributed by atoms with van der Waals surface area (Å²) in [6, 6.07) is 11.8. The fourth-order valence-electron chi connectivity index (χ4n) is 2.98. The number of benzene rings is 2. The molecule has 0 spiro atoms. The number of aromatic amines is 1. The van der Waals surface area contributed by atoms with Crippen LogP contribution in [0.5, 0.6) is 5.75 Å². The first-order chi connectivity index (χ1) is 14.7. The molecule has 2 aromatic carbocycles. The monoisotopic (exact) mass is 430 g/mol. The number of nitrogens with two attached hydrogens (primary N) is 1. The smallest absolute Gasteiger partial charge is 0.431 e. The summed E-state index contributed by atoms with van der Waals surface area (Å²) >= 11 is 0. The lowest BCUT2D eigenvalue weighted by atomic mass is 10.0. The Labute approximate surface area is 171 Å². The summed E-state index contributed by atoms with van der Waals surface area (Å²) in [4.78, 5) is 24.9. The van der Waals surface area contributed by atoms with E-state index in [0.717, 1.165) is 11.6 Å². The maximum Gasteiger partial charge on any atom is 0.431 e. The third-order valence-corrected chi connectivity index (χ3v) is 4.48. The predicted molar refractivity (Wildman–Crippen MR) is 102 cm³/mol. The van der Waals surface area contributed by atoms with Gasteiger partial charge in [-0.2, -0.15) is 13.2 Å². The van der Waals surface area contributed by atoms with Crippen LogP contribution in [0.3, 0.4) is 0 Å². The van der Waals surface area contributed by atoms with Crippen LogP contribution < -0.4 is 16.0 Å². The van der Waals surface area contributed by atoms with E-state index in [9.17, 15) is 22.8 Å². The van der Waals surface area contributed by atoms with Crippen molar-refractivity contribution in [2.75, 3.05) is 0 Å². The van der Waals surface area contributed by atoms with Crippen molar-refractivity contribution in [3.05, 3.63) is 75.7 Å². The summed E-state index contributed by atoms with van der Waals surface area (Å²) in [6.45, 7) is 0.181. The highest BCUT2D eigenvalue weighted by atomic mass is 19.4. The van der Waals surface area contributed by atoms with Gasteiger partial charge >= 0.3 is 6.18 Å². The van der Waals surface area contributed by atoms with E-state index in [2.05, 4.69) is 14.9 Å². The molecular formula is C20H13F3N4O4. The molecule has 4 rings (SSSR count). The molecule has 4 aromatic rings. The number of carbonyl (C=O) groups is 1. The molecule has 0 unspecified atom stereocenters. The number of alkyl halides is 3. The number of fused-ring (bicyclic) bond motifs is 1. The number of H-pyrrole nitrogens is 1. The number of nitrogens with one attached hydrogen (secondary N) is 1. The van der Waals surface area contributed by atoms with E-state index in [1.165, 1.54) is 24.3 Å². The molecule has 0 radical (unpaired) electrons. The Kier molecular flexibility index (Phi) is 4.93. The standard InChI is InChI=1S/C20H13F3N4O4/c21-20(22,23)17-13(8-14(18(24)28)19(29)25-17)11-2-4-12(5-3-11)30-9-10-1-6-15-16(7-10)27-31-26-15/h1-8H,9H2,(H2,24,28)(H,25,29). The normalized spacial score (nSPS) is 11.6. The fourth-order valence-corrected chi connectivity index (χ4v) is 2.98. The number of ether oxygens (including phenoxy) is 1. The van der Waals surface area contributed by atoms with Crippen LogP contribution in [0.2, 0.25) is 0 Å². The van der Waals surface area contributed by atoms with Crippen molar-refractivity contribution in [3.63, 3.8) is 0 Å². The summed E-state index contributed by atoms with van der Waals surface area (Å²) in [7, 11) is 0. The largest absolute Gasteiger partial charge is 0.489 e. The van der Waals surface area contributed by atoms with Crippen LogP contribution in [0, 0.1) is 0 Å². The molecule has 0 fully saturated rings. The number of primary amides is 1. The zero-order valence-electron chi connectivity index (χ0n) is 15.6. The zero-order valence-corrected chi connectivity index (χ0v) is 15.6. The zero-order chi connectivity index (χ0) is 22.2. The molecule has 2 heterocycles. The molecule has 2 aromatic heterocycles. The minimum absolute atomic E-state index is 0.119. The highest BCUT2D eigenvalue weighted by molar-refractivity contribution is 5.94. The topological polar surface area (TPSA) is 124 Å². The minimum Gasteiger partial charge on any atom is -0.489 e. The predicted octanol–water partition coefficient (Wildman–Crippen LogP) is 3.27. The van der Waals surface area contributed by atoms with E-state index in [-0.39, 0.29) is 17.7 Å². The summed E-state index contributed by atoms with van der Waals surface area (Å²) < 4.78 is 50.5. The molecular weight excluding hydrogens is 417 g/mol. The summed E-state index contributed by atoms with van der Waals surface area (Å²) in [5.74, 6) is -0.731. The summed E-state index contributed by atoms with van der Waals surface area (Å²) in [6.07, 6.45) is -4.84. The van der Waals surface area contributed by atoms with Crippen molar-refractivity contribution in [1.82, 2.24) is 15.3 Å². The van der Waals surface area contributed by atoms with Crippen LogP contribution in [0.1, 0.15) is 21.6 Å². The molecule has 0 saturated carbocycles. The van der Waals surface area contributed by atoms with Gasteiger partial charge in [-0.25, -0.2) is 4.63 Å². The van der Waals surface area contributed by atoms with Gasteiger partial charge in [-0.15, -0.1) is 0 Å². The van der Waals surface area contributed by atoms with Crippen molar-refractivity contribution >= 4 is 16.9 Å². The number of halogens is 3. The van der Waals surface area contributed by atoms with E-state index in [0.29, 0.717) is 16.8 Å². The van der Waals surface area contributed by atoms with Gasteiger partial charge in [0.15, 0.2) is 0 Å². The van der Waals surface area contributed by atoms with E-state index in [1.807, 2.05) is 0 Å². The molecule has 158 valence electrons. The number of rotatable bonds is 5. The molecule has 0 saturated heterocycles. The van der Waals surface area contributed by atoms with Gasteiger partial charge in [-0.1, -0.05) is 18.2 Å². The minimum atomic E-state index is -4.84. The maximum atomic E-state index is 13.4. The molecule has 0 atom stereocenters. The SMILES string of the molecule is NC(=O)c1cc(-c2ccc(OCc3ccc4nonc4c3)cc2)c(C(F)(F)F)[nH]c1=O. The lowest BCUT2D eigenvalue weighted by Crippen LogP contribution is -2.27. The number of amides is 1. The van der Waals surface area contributed by atoms with E-state index in [4.69, 9.17) is 10.5 Å². The van der Waals surface area contributed by atoms with Crippen LogP contribution in [0.4, 0.5) is 13.2 Å². The van der Waals surface area contributed by atoms with Crippen molar-refractivity contribution in [2.45, 2.75) is 12.8 Å². The average Bonchev–Trinajstić information content (AvgIpc) is 3.19. The first-order valence-electron chi connectivity index (χ1n) is 8.81. The number of pyridine rings is 1. The van der Waals surface area contributed by atoms with Crippen molar-refractivity contribution in [1.29, 1.82) is 0 Å². The van der Waals surface area contributed by atoms with Crippen molar-refractivity contribution < 1.29 is 27.3 Å². The number of nitrogens with zero attached hydrogens (tertiary/aromatic N) is 2. The van der Waals surface area contributed by atoms with Gasteiger partial charge in [0, 0.05) is 5.56 Å². The highest BCUT2D eigenvalue weighted by Crippen LogP contribution is 2.35. The van der Waals surface area contributed by atoms with E-state index < -0.39 is 28.9 Å². The Bertz CT molecular complexity index is 1330. The van der Waals surface area contributed by atoms with Crippen molar-refractivity contribution in [2.24, 2.45) is 5.73 Å².